The molecule has 1 saturated carbocycles. The van der Waals surface area contributed by atoms with Crippen LogP contribution in [0.15, 0.2) is 28.9 Å². The summed E-state index contributed by atoms with van der Waals surface area (Å²) in [7, 11) is 0. The van der Waals surface area contributed by atoms with Gasteiger partial charge in [-0.1, -0.05) is 0 Å². The van der Waals surface area contributed by atoms with E-state index in [0.717, 1.165) is 25.0 Å². The standard InChI is InChI=1S/C14H10F2O3/c15-8-3-4-9(11(16)5-8)10-6-19-13(7-1-2-7)12(10)14(17)18/h3-7H,1-2H2,(H,17,18). The summed E-state index contributed by atoms with van der Waals surface area (Å²) in [5.41, 5.74) is 0.175. The fourth-order valence-electron chi connectivity index (χ4n) is 2.15. The second-order valence-electron chi connectivity index (χ2n) is 4.59. The van der Waals surface area contributed by atoms with Crippen molar-refractivity contribution in [2.75, 3.05) is 0 Å². The first-order valence-electron chi connectivity index (χ1n) is 5.88. The molecule has 19 heavy (non-hydrogen) atoms. The fourth-order valence-corrected chi connectivity index (χ4v) is 2.15. The van der Waals surface area contributed by atoms with Gasteiger partial charge in [0.2, 0.25) is 0 Å². The lowest BCUT2D eigenvalue weighted by atomic mass is 10.0. The van der Waals surface area contributed by atoms with Crippen molar-refractivity contribution in [1.82, 2.24) is 0 Å². The Kier molecular flexibility index (Phi) is 2.62. The molecule has 0 saturated heterocycles. The summed E-state index contributed by atoms with van der Waals surface area (Å²) >= 11 is 0. The highest BCUT2D eigenvalue weighted by Gasteiger charge is 2.34. The third-order valence-electron chi connectivity index (χ3n) is 3.20. The highest BCUT2D eigenvalue weighted by Crippen LogP contribution is 2.45. The summed E-state index contributed by atoms with van der Waals surface area (Å²) in [5.74, 6) is -2.18. The predicted octanol–water partition coefficient (Wildman–Crippen LogP) is 3.80. The molecule has 1 heterocycles. The number of rotatable bonds is 3. The van der Waals surface area contributed by atoms with Crippen LogP contribution in [0.2, 0.25) is 0 Å². The van der Waals surface area contributed by atoms with E-state index in [2.05, 4.69) is 0 Å². The first kappa shape index (κ1) is 11.9. The normalized spacial score (nSPS) is 14.6. The van der Waals surface area contributed by atoms with Crippen LogP contribution in [0, 0.1) is 11.6 Å². The van der Waals surface area contributed by atoms with Gasteiger partial charge in [0.1, 0.15) is 23.0 Å². The smallest absolute Gasteiger partial charge is 0.339 e. The molecular weight excluding hydrogens is 254 g/mol. The van der Waals surface area contributed by atoms with Gasteiger partial charge in [0.05, 0.1) is 6.26 Å². The summed E-state index contributed by atoms with van der Waals surface area (Å²) in [4.78, 5) is 11.3. The largest absolute Gasteiger partial charge is 0.478 e. The number of carboxylic acids is 1. The maximum Gasteiger partial charge on any atom is 0.339 e. The van der Waals surface area contributed by atoms with Gasteiger partial charge in [-0.15, -0.1) is 0 Å². The maximum absolute atomic E-state index is 13.7. The molecule has 1 aliphatic rings. The molecule has 1 aromatic carbocycles. The van der Waals surface area contributed by atoms with Crippen molar-refractivity contribution in [1.29, 1.82) is 0 Å². The Balaban J connectivity index is 2.16. The molecule has 3 rings (SSSR count). The number of carbonyl (C=O) groups is 1. The zero-order valence-electron chi connectivity index (χ0n) is 9.82. The van der Waals surface area contributed by atoms with Crippen LogP contribution in [0.1, 0.15) is 34.9 Å². The van der Waals surface area contributed by atoms with Crippen LogP contribution in [-0.4, -0.2) is 11.1 Å². The Morgan fingerprint density at radius 3 is 2.58 bits per heavy atom. The van der Waals surface area contributed by atoms with E-state index in [0.29, 0.717) is 5.76 Å². The molecule has 0 radical (unpaired) electrons. The second kappa shape index (κ2) is 4.19. The third-order valence-corrected chi connectivity index (χ3v) is 3.20. The van der Waals surface area contributed by atoms with E-state index >= 15 is 0 Å². The van der Waals surface area contributed by atoms with Crippen LogP contribution in [0.4, 0.5) is 8.78 Å². The van der Waals surface area contributed by atoms with E-state index in [4.69, 9.17) is 4.42 Å². The number of furan rings is 1. The summed E-state index contributed by atoms with van der Waals surface area (Å²) in [6, 6.07) is 3.04. The Bertz CT molecular complexity index is 657. The van der Waals surface area contributed by atoms with Gasteiger partial charge in [-0.2, -0.15) is 0 Å². The SMILES string of the molecule is O=C(O)c1c(-c2ccc(F)cc2F)coc1C1CC1. The molecule has 1 N–H and O–H groups in total. The molecule has 0 spiro atoms. The number of hydrogen-bond donors (Lipinski definition) is 1. The average Bonchev–Trinajstić information content (AvgIpc) is 3.09. The van der Waals surface area contributed by atoms with Crippen molar-refractivity contribution in [2.45, 2.75) is 18.8 Å². The first-order chi connectivity index (χ1) is 9.08. The van der Waals surface area contributed by atoms with Gasteiger partial charge in [0.15, 0.2) is 0 Å². The van der Waals surface area contributed by atoms with Crippen molar-refractivity contribution in [3.8, 4) is 11.1 Å². The summed E-state index contributed by atoms with van der Waals surface area (Å²) in [5, 5.41) is 9.26. The van der Waals surface area contributed by atoms with Gasteiger partial charge in [-0.05, 0) is 25.0 Å². The molecule has 3 nitrogen and oxygen atoms in total. The van der Waals surface area contributed by atoms with Crippen LogP contribution in [-0.2, 0) is 0 Å². The molecule has 2 aromatic rings. The van der Waals surface area contributed by atoms with E-state index in [1.807, 2.05) is 0 Å². The van der Waals surface area contributed by atoms with Gasteiger partial charge in [-0.3, -0.25) is 0 Å². The highest BCUT2D eigenvalue weighted by molar-refractivity contribution is 5.97. The predicted molar refractivity (Wildman–Crippen MR) is 63.0 cm³/mol. The van der Waals surface area contributed by atoms with Gasteiger partial charge in [-0.25, -0.2) is 13.6 Å². The van der Waals surface area contributed by atoms with Gasteiger partial charge < -0.3 is 9.52 Å². The summed E-state index contributed by atoms with van der Waals surface area (Å²) in [6.45, 7) is 0. The molecular formula is C14H10F2O3. The van der Waals surface area contributed by atoms with E-state index in [9.17, 15) is 18.7 Å². The molecule has 0 unspecified atom stereocenters. The fraction of sp³-hybridized carbons (Fsp3) is 0.214. The van der Waals surface area contributed by atoms with Crippen molar-refractivity contribution in [3.05, 3.63) is 47.4 Å². The molecule has 1 fully saturated rings. The molecule has 0 amide bonds. The number of aromatic carboxylic acids is 1. The lowest BCUT2D eigenvalue weighted by molar-refractivity contribution is 0.0695. The van der Waals surface area contributed by atoms with E-state index < -0.39 is 17.6 Å². The van der Waals surface area contributed by atoms with Gasteiger partial charge in [0, 0.05) is 23.1 Å². The second-order valence-corrected chi connectivity index (χ2v) is 4.59. The van der Waals surface area contributed by atoms with Crippen LogP contribution in [0.25, 0.3) is 11.1 Å². The Morgan fingerprint density at radius 1 is 1.26 bits per heavy atom. The van der Waals surface area contributed by atoms with E-state index in [-0.39, 0.29) is 22.6 Å². The summed E-state index contributed by atoms with van der Waals surface area (Å²) in [6.07, 6.45) is 2.98. The highest BCUT2D eigenvalue weighted by atomic mass is 19.1. The summed E-state index contributed by atoms with van der Waals surface area (Å²) < 4.78 is 31.9. The van der Waals surface area contributed by atoms with Crippen molar-refractivity contribution in [2.24, 2.45) is 0 Å². The van der Waals surface area contributed by atoms with Crippen LogP contribution in [0.5, 0.6) is 0 Å². The molecule has 5 heteroatoms. The van der Waals surface area contributed by atoms with Gasteiger partial charge in [0.25, 0.3) is 0 Å². The molecule has 98 valence electrons. The average molecular weight is 264 g/mol. The van der Waals surface area contributed by atoms with Crippen LogP contribution < -0.4 is 0 Å². The van der Waals surface area contributed by atoms with Crippen LogP contribution >= 0.6 is 0 Å². The molecule has 1 aliphatic carbocycles. The van der Waals surface area contributed by atoms with Crippen LogP contribution in [0.3, 0.4) is 0 Å². The maximum atomic E-state index is 13.7. The number of halogens is 2. The van der Waals surface area contributed by atoms with Crippen molar-refractivity contribution < 1.29 is 23.1 Å². The lowest BCUT2D eigenvalue weighted by Crippen LogP contribution is -2.01. The molecule has 0 bridgehead atoms. The molecule has 0 atom stereocenters. The topological polar surface area (TPSA) is 50.4 Å². The zero-order chi connectivity index (χ0) is 13.6. The minimum atomic E-state index is -1.16. The van der Waals surface area contributed by atoms with Crippen molar-refractivity contribution in [3.63, 3.8) is 0 Å². The third kappa shape index (κ3) is 2.01. The van der Waals surface area contributed by atoms with Crippen molar-refractivity contribution >= 4 is 5.97 Å². The van der Waals surface area contributed by atoms with E-state index in [1.54, 1.807) is 0 Å². The number of carboxylic acid groups (broad SMARTS) is 1. The minimum absolute atomic E-state index is 0.0204. The number of hydrogen-bond acceptors (Lipinski definition) is 2. The Morgan fingerprint density at radius 2 is 2.00 bits per heavy atom. The minimum Gasteiger partial charge on any atom is -0.478 e. The molecule has 1 aromatic heterocycles. The van der Waals surface area contributed by atoms with E-state index in [1.165, 1.54) is 12.3 Å². The monoisotopic (exact) mass is 264 g/mol. The quantitative estimate of drug-likeness (QED) is 0.917. The zero-order valence-corrected chi connectivity index (χ0v) is 9.82. The number of benzene rings is 1. The first-order valence-corrected chi connectivity index (χ1v) is 5.88. The Hall–Kier alpha value is -2.17. The molecule has 0 aliphatic heterocycles. The lowest BCUT2D eigenvalue weighted by Gasteiger charge is -2.03. The van der Waals surface area contributed by atoms with Gasteiger partial charge >= 0.3 is 5.97 Å². The Labute approximate surface area is 107 Å².